The quantitative estimate of drug-likeness (QED) is 0.102. The van der Waals surface area contributed by atoms with E-state index in [0.29, 0.717) is 12.8 Å². The first kappa shape index (κ1) is 29.6. The van der Waals surface area contributed by atoms with Crippen molar-refractivity contribution in [1.82, 2.24) is 0 Å². The first-order valence-corrected chi connectivity index (χ1v) is 15.4. The molecule has 0 saturated carbocycles. The maximum absolute atomic E-state index is 13.8. The average molecular weight is 571 g/mol. The van der Waals surface area contributed by atoms with E-state index in [-0.39, 0.29) is 25.6 Å². The van der Waals surface area contributed by atoms with Gasteiger partial charge in [0.25, 0.3) is 0 Å². The zero-order valence-corrected chi connectivity index (χ0v) is 23.7. The minimum atomic E-state index is -3.48. The predicted octanol–water partition coefficient (Wildman–Crippen LogP) is 8.82. The fourth-order valence-electron chi connectivity index (χ4n) is 4.20. The zero-order chi connectivity index (χ0) is 28.8. The third-order valence-corrected chi connectivity index (χ3v) is 9.42. The molecule has 0 N–H and O–H groups in total. The Kier molecular flexibility index (Phi) is 11.1. The molecule has 0 radical (unpaired) electrons. The number of hydrogen-bond donors (Lipinski definition) is 0. The molecule has 4 aromatic carbocycles. The van der Waals surface area contributed by atoms with E-state index in [1.807, 2.05) is 121 Å². The highest BCUT2D eigenvalue weighted by Crippen LogP contribution is 2.54. The van der Waals surface area contributed by atoms with Gasteiger partial charge in [0, 0.05) is 5.75 Å². The summed E-state index contributed by atoms with van der Waals surface area (Å²) in [6.07, 6.45) is 1.85. The molecule has 0 fully saturated rings. The minimum absolute atomic E-state index is 0.0191. The number of aryl methyl sites for hydroxylation is 1. The van der Waals surface area contributed by atoms with E-state index in [0.717, 1.165) is 28.7 Å². The molecule has 0 aliphatic rings. The molecule has 4 aromatic rings. The molecule has 4 rings (SSSR count). The molecular formula is C34H34O6S. The van der Waals surface area contributed by atoms with Gasteiger partial charge in [-0.15, -0.1) is 0 Å². The molecule has 212 valence electrons. The van der Waals surface area contributed by atoms with Crippen LogP contribution < -0.4 is 0 Å². The third-order valence-electron chi connectivity index (χ3n) is 6.46. The first-order valence-electron chi connectivity index (χ1n) is 13.5. The summed E-state index contributed by atoms with van der Waals surface area (Å²) in [4.78, 5) is 41.5. The maximum Gasteiger partial charge on any atom is 0.369 e. The first-order chi connectivity index (χ1) is 20.1. The van der Waals surface area contributed by atoms with E-state index in [1.54, 1.807) is 0 Å². The Morgan fingerprint density at radius 3 is 1.10 bits per heavy atom. The van der Waals surface area contributed by atoms with Gasteiger partial charge in [-0.2, -0.15) is 0 Å². The summed E-state index contributed by atoms with van der Waals surface area (Å²) in [6, 6.07) is 37.3. The molecule has 0 saturated heterocycles. The van der Waals surface area contributed by atoms with Crippen molar-refractivity contribution >= 4 is 25.9 Å². The molecule has 0 unspecified atom stereocenters. The van der Waals surface area contributed by atoms with Crippen LogP contribution in [0.1, 0.15) is 35.1 Å². The topological polar surface area (TPSA) is 78.9 Å². The highest BCUT2D eigenvalue weighted by molar-refractivity contribution is 8.64. The van der Waals surface area contributed by atoms with E-state index >= 15 is 0 Å². The fourth-order valence-corrected chi connectivity index (χ4v) is 6.52. The summed E-state index contributed by atoms with van der Waals surface area (Å²) in [5.74, 6) is -0.0191. The molecular weight excluding hydrogens is 536 g/mol. The third kappa shape index (κ3) is 8.56. The van der Waals surface area contributed by atoms with Gasteiger partial charge in [-0.3, -0.25) is 0 Å². The standard InChI is InChI=1S/C34H34O6S/c35-32(38-25-29-18-7-2-8-19-29)41(24-14-13-17-28-15-5-1-6-16-28,33(36)39-26-30-20-9-3-10-21-30)34(37)40-27-31-22-11-4-12-23-31/h1-12,15-16,18-23H,13-14,17,24-27H2. The second-order valence-corrected chi connectivity index (χ2v) is 12.3. The van der Waals surface area contributed by atoms with Crippen molar-refractivity contribution in [3.05, 3.63) is 144 Å². The number of carbonyl (C=O) groups excluding carboxylic acids is 3. The summed E-state index contributed by atoms with van der Waals surface area (Å²) in [5, 5.41) is -2.67. The number of benzene rings is 4. The van der Waals surface area contributed by atoms with Crippen LogP contribution in [0.4, 0.5) is 14.4 Å². The number of carbonyl (C=O) groups is 3. The normalized spacial score (nSPS) is 11.3. The molecule has 41 heavy (non-hydrogen) atoms. The average Bonchev–Trinajstić information content (AvgIpc) is 3.03. The van der Waals surface area contributed by atoms with Gasteiger partial charge in [0.05, 0.1) is 10.0 Å². The van der Waals surface area contributed by atoms with Crippen molar-refractivity contribution in [3.63, 3.8) is 0 Å². The smallest absolute Gasteiger partial charge is 0.369 e. The Morgan fingerprint density at radius 1 is 0.439 bits per heavy atom. The summed E-state index contributed by atoms with van der Waals surface area (Å²) >= 11 is 0. The fraction of sp³-hybridized carbons (Fsp3) is 0.206. The van der Waals surface area contributed by atoms with Gasteiger partial charge in [-0.05, 0) is 41.5 Å². The van der Waals surface area contributed by atoms with Crippen LogP contribution in [-0.4, -0.2) is 21.7 Å². The van der Waals surface area contributed by atoms with Crippen molar-refractivity contribution in [1.29, 1.82) is 0 Å². The van der Waals surface area contributed by atoms with E-state index in [2.05, 4.69) is 0 Å². The van der Waals surface area contributed by atoms with Crippen LogP contribution >= 0.6 is 10.0 Å². The lowest BCUT2D eigenvalue weighted by Crippen LogP contribution is -2.32. The second kappa shape index (κ2) is 15.4. The van der Waals surface area contributed by atoms with Gasteiger partial charge in [0.1, 0.15) is 19.8 Å². The van der Waals surface area contributed by atoms with Crippen LogP contribution in [-0.2, 0) is 40.5 Å². The Balaban J connectivity index is 1.58. The lowest BCUT2D eigenvalue weighted by molar-refractivity contribution is 0.154. The molecule has 0 aliphatic carbocycles. The van der Waals surface area contributed by atoms with Crippen LogP contribution in [0.3, 0.4) is 0 Å². The largest absolute Gasteiger partial charge is 0.453 e. The highest BCUT2D eigenvalue weighted by Gasteiger charge is 2.51. The molecule has 0 heterocycles. The van der Waals surface area contributed by atoms with E-state index < -0.39 is 25.9 Å². The molecule has 0 aromatic heterocycles. The Morgan fingerprint density at radius 2 is 0.756 bits per heavy atom. The van der Waals surface area contributed by atoms with Crippen molar-refractivity contribution in [2.45, 2.75) is 39.1 Å². The van der Waals surface area contributed by atoms with Crippen molar-refractivity contribution < 1.29 is 28.6 Å². The second-order valence-electron chi connectivity index (χ2n) is 9.46. The lowest BCUT2D eigenvalue weighted by atomic mass is 10.1. The number of rotatable bonds is 11. The van der Waals surface area contributed by atoms with Crippen molar-refractivity contribution in [3.8, 4) is 0 Å². The molecule has 0 aliphatic heterocycles. The molecule has 0 spiro atoms. The van der Waals surface area contributed by atoms with Crippen molar-refractivity contribution in [2.75, 3.05) is 5.75 Å². The predicted molar refractivity (Wildman–Crippen MR) is 162 cm³/mol. The molecule has 0 bridgehead atoms. The van der Waals surface area contributed by atoms with E-state index in [1.165, 1.54) is 0 Å². The van der Waals surface area contributed by atoms with Gasteiger partial charge < -0.3 is 14.2 Å². The monoisotopic (exact) mass is 570 g/mol. The van der Waals surface area contributed by atoms with Crippen LogP contribution in [0.5, 0.6) is 0 Å². The lowest BCUT2D eigenvalue weighted by Gasteiger charge is -2.31. The number of unbranched alkanes of at least 4 members (excludes halogenated alkanes) is 1. The summed E-state index contributed by atoms with van der Waals surface area (Å²) in [7, 11) is -3.48. The van der Waals surface area contributed by atoms with Crippen molar-refractivity contribution in [2.24, 2.45) is 0 Å². The molecule has 0 atom stereocenters. The Labute approximate surface area is 242 Å². The Bertz CT molecular complexity index is 1240. The maximum atomic E-state index is 13.8. The van der Waals surface area contributed by atoms with E-state index in [9.17, 15) is 14.4 Å². The van der Waals surface area contributed by atoms with E-state index in [4.69, 9.17) is 14.2 Å². The van der Waals surface area contributed by atoms with Crippen LogP contribution in [0, 0.1) is 0 Å². The molecule has 0 amide bonds. The number of ether oxygens (including phenoxy) is 3. The SMILES string of the molecule is O=C(OCc1ccccc1)S(CCCCc1ccccc1)(C(=O)OCc1ccccc1)C(=O)OCc1ccccc1. The van der Waals surface area contributed by atoms with Crippen LogP contribution in [0.2, 0.25) is 0 Å². The molecule has 7 heteroatoms. The minimum Gasteiger partial charge on any atom is -0.453 e. The van der Waals surface area contributed by atoms with Gasteiger partial charge in [-0.1, -0.05) is 121 Å². The number of hydrogen-bond acceptors (Lipinski definition) is 6. The van der Waals surface area contributed by atoms with Gasteiger partial charge in [0.2, 0.25) is 0 Å². The molecule has 6 nitrogen and oxygen atoms in total. The highest BCUT2D eigenvalue weighted by atomic mass is 32.3. The van der Waals surface area contributed by atoms with Crippen LogP contribution in [0.15, 0.2) is 121 Å². The Hall–Kier alpha value is -4.36. The van der Waals surface area contributed by atoms with Gasteiger partial charge >= 0.3 is 15.9 Å². The zero-order valence-electron chi connectivity index (χ0n) is 22.9. The summed E-state index contributed by atoms with van der Waals surface area (Å²) in [6.45, 7) is -0.219. The van der Waals surface area contributed by atoms with Gasteiger partial charge in [-0.25, -0.2) is 14.4 Å². The summed E-state index contributed by atoms with van der Waals surface area (Å²) < 4.78 is 17.0. The van der Waals surface area contributed by atoms with Gasteiger partial charge in [0.15, 0.2) is 0 Å². The summed E-state index contributed by atoms with van der Waals surface area (Å²) in [5.41, 5.74) is 3.37. The van der Waals surface area contributed by atoms with Crippen LogP contribution in [0.25, 0.3) is 0 Å².